The minimum atomic E-state index is 0.721. The van der Waals surface area contributed by atoms with Gasteiger partial charge in [-0.1, -0.05) is 40.5 Å². The van der Waals surface area contributed by atoms with Crippen LogP contribution in [0.3, 0.4) is 0 Å². The van der Waals surface area contributed by atoms with Crippen LogP contribution in [0, 0.1) is 11.8 Å². The van der Waals surface area contributed by atoms with Crippen LogP contribution < -0.4 is 0 Å². The summed E-state index contributed by atoms with van der Waals surface area (Å²) in [5.74, 6) is 1.64. The van der Waals surface area contributed by atoms with E-state index in [4.69, 9.17) is 0 Å². The van der Waals surface area contributed by atoms with Crippen LogP contribution in [0.15, 0.2) is 0 Å². The van der Waals surface area contributed by atoms with E-state index in [2.05, 4.69) is 46.6 Å². The zero-order chi connectivity index (χ0) is 10.4. The summed E-state index contributed by atoms with van der Waals surface area (Å²) < 4.78 is 0. The molecule has 0 aliphatic carbocycles. The van der Waals surface area contributed by atoms with Gasteiger partial charge in [-0.2, -0.15) is 0 Å². The molecule has 0 spiro atoms. The summed E-state index contributed by atoms with van der Waals surface area (Å²) in [5, 5.41) is 0. The largest absolute Gasteiger partial charge is 0.303 e. The van der Waals surface area contributed by atoms with Crippen LogP contribution >= 0.6 is 0 Å². The maximum Gasteiger partial charge on any atom is 0.00895 e. The molecule has 0 amide bonds. The fourth-order valence-corrected chi connectivity index (χ4v) is 1.56. The number of hydrogen-bond acceptors (Lipinski definition) is 1. The monoisotopic (exact) mass is 185 g/mol. The molecule has 0 fully saturated rings. The Balaban J connectivity index is 3.87. The van der Waals surface area contributed by atoms with Gasteiger partial charge in [0.05, 0.1) is 0 Å². The summed E-state index contributed by atoms with van der Waals surface area (Å²) in [6, 6.07) is 0.721. The van der Waals surface area contributed by atoms with Gasteiger partial charge in [0.2, 0.25) is 0 Å². The molecule has 1 heteroatoms. The highest BCUT2D eigenvalue weighted by molar-refractivity contribution is 4.70. The Hall–Kier alpha value is -0.0400. The van der Waals surface area contributed by atoms with Crippen molar-refractivity contribution in [1.29, 1.82) is 0 Å². The van der Waals surface area contributed by atoms with Crippen LogP contribution in [0.5, 0.6) is 0 Å². The molecule has 13 heavy (non-hydrogen) atoms. The van der Waals surface area contributed by atoms with Crippen LogP contribution in [0.2, 0.25) is 0 Å². The molecule has 0 aromatic rings. The molecule has 0 saturated heterocycles. The molecular weight excluding hydrogens is 158 g/mol. The first kappa shape index (κ1) is 13.0. The van der Waals surface area contributed by atoms with Gasteiger partial charge in [0, 0.05) is 12.6 Å². The van der Waals surface area contributed by atoms with Crippen molar-refractivity contribution in [3.8, 4) is 0 Å². The van der Waals surface area contributed by atoms with Gasteiger partial charge >= 0.3 is 0 Å². The van der Waals surface area contributed by atoms with E-state index in [0.717, 1.165) is 17.9 Å². The van der Waals surface area contributed by atoms with Crippen molar-refractivity contribution in [3.05, 3.63) is 0 Å². The van der Waals surface area contributed by atoms with E-state index in [1.165, 1.54) is 19.4 Å². The molecule has 0 aliphatic rings. The molecule has 0 heterocycles. The summed E-state index contributed by atoms with van der Waals surface area (Å²) in [5.41, 5.74) is 0. The van der Waals surface area contributed by atoms with Crippen molar-refractivity contribution >= 4 is 0 Å². The van der Waals surface area contributed by atoms with E-state index in [1.54, 1.807) is 0 Å². The fraction of sp³-hybridized carbons (Fsp3) is 1.00. The van der Waals surface area contributed by atoms with Crippen molar-refractivity contribution < 1.29 is 0 Å². The Labute approximate surface area is 84.5 Å². The average molecular weight is 185 g/mol. The van der Waals surface area contributed by atoms with Gasteiger partial charge in [-0.05, 0) is 25.8 Å². The Morgan fingerprint density at radius 2 is 1.54 bits per heavy atom. The number of nitrogens with zero attached hydrogens (tertiary/aromatic N) is 1. The second-order valence-electron chi connectivity index (χ2n) is 4.58. The van der Waals surface area contributed by atoms with E-state index in [1.807, 2.05) is 0 Å². The molecule has 0 aromatic carbocycles. The van der Waals surface area contributed by atoms with Gasteiger partial charge in [-0.25, -0.2) is 0 Å². The Morgan fingerprint density at radius 1 is 1.00 bits per heavy atom. The topological polar surface area (TPSA) is 3.24 Å². The molecule has 0 rings (SSSR count). The van der Waals surface area contributed by atoms with Crippen LogP contribution in [-0.4, -0.2) is 24.5 Å². The highest BCUT2D eigenvalue weighted by Crippen LogP contribution is 2.14. The average Bonchev–Trinajstić information content (AvgIpc) is 2.14. The van der Waals surface area contributed by atoms with Gasteiger partial charge in [0.15, 0.2) is 0 Å². The lowest BCUT2D eigenvalue weighted by molar-refractivity contribution is 0.172. The highest BCUT2D eigenvalue weighted by atomic mass is 15.1. The van der Waals surface area contributed by atoms with Crippen molar-refractivity contribution in [2.24, 2.45) is 11.8 Å². The minimum absolute atomic E-state index is 0.721. The number of rotatable bonds is 6. The lowest BCUT2D eigenvalue weighted by Crippen LogP contribution is -2.36. The van der Waals surface area contributed by atoms with E-state index in [9.17, 15) is 0 Å². The first-order chi connectivity index (χ1) is 6.02. The van der Waals surface area contributed by atoms with Crippen LogP contribution in [0.1, 0.15) is 47.5 Å². The molecule has 1 nitrogen and oxygen atoms in total. The zero-order valence-electron chi connectivity index (χ0n) is 10.3. The third kappa shape index (κ3) is 4.66. The predicted octanol–water partition coefficient (Wildman–Crippen LogP) is 3.40. The zero-order valence-corrected chi connectivity index (χ0v) is 10.3. The first-order valence-electron chi connectivity index (χ1n) is 5.73. The van der Waals surface area contributed by atoms with Gasteiger partial charge in [-0.3, -0.25) is 0 Å². The van der Waals surface area contributed by atoms with Crippen molar-refractivity contribution in [3.63, 3.8) is 0 Å². The van der Waals surface area contributed by atoms with Crippen LogP contribution in [-0.2, 0) is 0 Å². The molecular formula is C12H27N. The van der Waals surface area contributed by atoms with Crippen molar-refractivity contribution in [1.82, 2.24) is 4.90 Å². The minimum Gasteiger partial charge on any atom is -0.303 e. The lowest BCUT2D eigenvalue weighted by atomic mass is 9.98. The highest BCUT2D eigenvalue weighted by Gasteiger charge is 2.16. The molecule has 0 aromatic heterocycles. The summed E-state index contributed by atoms with van der Waals surface area (Å²) >= 11 is 0. The molecule has 3 unspecified atom stereocenters. The first-order valence-corrected chi connectivity index (χ1v) is 5.73. The number of hydrogen-bond donors (Lipinski definition) is 0. The lowest BCUT2D eigenvalue weighted by Gasteiger charge is -2.31. The van der Waals surface area contributed by atoms with Gasteiger partial charge in [0.1, 0.15) is 0 Å². The molecule has 0 saturated carbocycles. The molecule has 0 radical (unpaired) electrons. The van der Waals surface area contributed by atoms with Gasteiger partial charge in [-0.15, -0.1) is 0 Å². The SMILES string of the molecule is CCC(C)CN(C)C(C)C(C)CC. The third-order valence-corrected chi connectivity index (χ3v) is 3.46. The normalized spacial score (nSPS) is 18.7. The summed E-state index contributed by atoms with van der Waals surface area (Å²) in [4.78, 5) is 2.50. The Kier molecular flexibility index (Phi) is 6.40. The summed E-state index contributed by atoms with van der Waals surface area (Å²) in [6.45, 7) is 12.8. The smallest absolute Gasteiger partial charge is 0.00895 e. The quantitative estimate of drug-likeness (QED) is 0.613. The van der Waals surface area contributed by atoms with Crippen LogP contribution in [0.25, 0.3) is 0 Å². The van der Waals surface area contributed by atoms with E-state index < -0.39 is 0 Å². The second kappa shape index (κ2) is 6.42. The summed E-state index contributed by atoms with van der Waals surface area (Å²) in [6.07, 6.45) is 2.57. The maximum atomic E-state index is 2.50. The molecule has 0 N–H and O–H groups in total. The summed E-state index contributed by atoms with van der Waals surface area (Å²) in [7, 11) is 2.25. The molecule has 0 aliphatic heterocycles. The van der Waals surface area contributed by atoms with E-state index >= 15 is 0 Å². The van der Waals surface area contributed by atoms with Crippen molar-refractivity contribution in [2.75, 3.05) is 13.6 Å². The van der Waals surface area contributed by atoms with Crippen molar-refractivity contribution in [2.45, 2.75) is 53.5 Å². The predicted molar refractivity (Wildman–Crippen MR) is 61.0 cm³/mol. The van der Waals surface area contributed by atoms with Gasteiger partial charge in [0.25, 0.3) is 0 Å². The fourth-order valence-electron chi connectivity index (χ4n) is 1.56. The Morgan fingerprint density at radius 3 is 1.92 bits per heavy atom. The molecule has 3 atom stereocenters. The Bertz CT molecular complexity index is 122. The molecule has 0 bridgehead atoms. The second-order valence-corrected chi connectivity index (χ2v) is 4.58. The van der Waals surface area contributed by atoms with E-state index in [0.29, 0.717) is 0 Å². The van der Waals surface area contributed by atoms with E-state index in [-0.39, 0.29) is 0 Å². The third-order valence-electron chi connectivity index (χ3n) is 3.46. The van der Waals surface area contributed by atoms with Crippen LogP contribution in [0.4, 0.5) is 0 Å². The van der Waals surface area contributed by atoms with Gasteiger partial charge < -0.3 is 4.90 Å². The maximum absolute atomic E-state index is 2.50. The molecule has 80 valence electrons. The standard InChI is InChI=1S/C12H27N/c1-7-10(3)9-13(6)12(5)11(4)8-2/h10-12H,7-9H2,1-6H3.